The molecule has 0 aliphatic rings. The number of benzene rings is 2. The van der Waals surface area contributed by atoms with Gasteiger partial charge >= 0.3 is 0 Å². The maximum absolute atomic E-state index is 11.7. The molecule has 1 unspecified atom stereocenters. The third-order valence-corrected chi connectivity index (χ3v) is 3.05. The first-order chi connectivity index (χ1) is 10.2. The van der Waals surface area contributed by atoms with E-state index in [1.54, 1.807) is 6.08 Å². The van der Waals surface area contributed by atoms with Gasteiger partial charge < -0.3 is 10.4 Å². The van der Waals surface area contributed by atoms with E-state index in [9.17, 15) is 9.90 Å². The topological polar surface area (TPSA) is 49.3 Å². The molecule has 0 bridgehead atoms. The molecular weight excluding hydrogens is 262 g/mol. The molecule has 0 fully saturated rings. The standard InChI is InChI=1S/C18H19NO2/c20-17(13-16-9-5-2-6-10-16)14-19-18(21)12-11-15-7-3-1-4-8-15/h1-12,17,20H,13-14H2,(H,19,21)/b12-11+. The molecule has 0 spiro atoms. The highest BCUT2D eigenvalue weighted by molar-refractivity contribution is 5.91. The molecule has 0 radical (unpaired) electrons. The summed E-state index contributed by atoms with van der Waals surface area (Å²) in [7, 11) is 0. The van der Waals surface area contributed by atoms with Gasteiger partial charge in [-0.1, -0.05) is 60.7 Å². The second-order valence-electron chi connectivity index (χ2n) is 4.83. The largest absolute Gasteiger partial charge is 0.391 e. The Morgan fingerprint density at radius 1 is 1.05 bits per heavy atom. The highest BCUT2D eigenvalue weighted by Gasteiger charge is 2.06. The number of rotatable bonds is 6. The Hall–Kier alpha value is -2.39. The van der Waals surface area contributed by atoms with E-state index >= 15 is 0 Å². The molecule has 1 amide bonds. The van der Waals surface area contributed by atoms with Crippen LogP contribution in [0.3, 0.4) is 0 Å². The van der Waals surface area contributed by atoms with Gasteiger partial charge in [0.2, 0.25) is 5.91 Å². The van der Waals surface area contributed by atoms with Crippen LogP contribution in [-0.4, -0.2) is 23.7 Å². The lowest BCUT2D eigenvalue weighted by Crippen LogP contribution is -2.32. The lowest BCUT2D eigenvalue weighted by molar-refractivity contribution is -0.116. The van der Waals surface area contributed by atoms with E-state index in [2.05, 4.69) is 5.32 Å². The second kappa shape index (κ2) is 8.02. The molecule has 2 aromatic carbocycles. The number of carbonyl (C=O) groups is 1. The molecule has 2 aromatic rings. The van der Waals surface area contributed by atoms with Crippen LogP contribution in [0.15, 0.2) is 66.7 Å². The SMILES string of the molecule is O=C(/C=C/c1ccccc1)NCC(O)Cc1ccccc1. The number of aliphatic hydroxyl groups is 1. The van der Waals surface area contributed by atoms with Crippen molar-refractivity contribution in [3.8, 4) is 0 Å². The summed E-state index contributed by atoms with van der Waals surface area (Å²) in [6.07, 6.45) is 3.17. The van der Waals surface area contributed by atoms with Gasteiger partial charge in [-0.3, -0.25) is 4.79 Å². The summed E-state index contributed by atoms with van der Waals surface area (Å²) < 4.78 is 0. The lowest BCUT2D eigenvalue weighted by Gasteiger charge is -2.10. The summed E-state index contributed by atoms with van der Waals surface area (Å²) in [6, 6.07) is 19.3. The van der Waals surface area contributed by atoms with E-state index in [-0.39, 0.29) is 12.5 Å². The van der Waals surface area contributed by atoms with Crippen molar-refractivity contribution >= 4 is 12.0 Å². The molecule has 0 aliphatic heterocycles. The quantitative estimate of drug-likeness (QED) is 0.799. The van der Waals surface area contributed by atoms with Crippen LogP contribution < -0.4 is 5.32 Å². The molecule has 21 heavy (non-hydrogen) atoms. The molecule has 0 aliphatic carbocycles. The minimum atomic E-state index is -0.582. The third kappa shape index (κ3) is 5.63. The zero-order valence-corrected chi connectivity index (χ0v) is 11.8. The molecule has 0 heterocycles. The van der Waals surface area contributed by atoms with Crippen LogP contribution in [0, 0.1) is 0 Å². The Balaban J connectivity index is 1.75. The molecule has 3 heteroatoms. The van der Waals surface area contributed by atoms with Crippen LogP contribution in [0.1, 0.15) is 11.1 Å². The van der Waals surface area contributed by atoms with E-state index in [1.807, 2.05) is 60.7 Å². The van der Waals surface area contributed by atoms with Crippen molar-refractivity contribution in [1.29, 1.82) is 0 Å². The molecular formula is C18H19NO2. The molecule has 108 valence electrons. The molecule has 2 N–H and O–H groups in total. The van der Waals surface area contributed by atoms with E-state index in [4.69, 9.17) is 0 Å². The fourth-order valence-corrected chi connectivity index (χ4v) is 1.97. The van der Waals surface area contributed by atoms with Gasteiger partial charge in [0.15, 0.2) is 0 Å². The molecule has 0 aromatic heterocycles. The van der Waals surface area contributed by atoms with E-state index in [0.717, 1.165) is 11.1 Å². The van der Waals surface area contributed by atoms with Crippen LogP contribution >= 0.6 is 0 Å². The number of nitrogens with one attached hydrogen (secondary N) is 1. The summed E-state index contributed by atoms with van der Waals surface area (Å²) >= 11 is 0. The van der Waals surface area contributed by atoms with E-state index in [0.29, 0.717) is 6.42 Å². The monoisotopic (exact) mass is 281 g/mol. The molecule has 0 saturated carbocycles. The van der Waals surface area contributed by atoms with Crippen LogP contribution in [0.2, 0.25) is 0 Å². The van der Waals surface area contributed by atoms with Crippen LogP contribution in [0.4, 0.5) is 0 Å². The number of aliphatic hydroxyl groups excluding tert-OH is 1. The van der Waals surface area contributed by atoms with Crippen LogP contribution in [0.5, 0.6) is 0 Å². The van der Waals surface area contributed by atoms with Crippen molar-refractivity contribution in [2.75, 3.05) is 6.54 Å². The van der Waals surface area contributed by atoms with Gasteiger partial charge in [0.05, 0.1) is 6.10 Å². The fraction of sp³-hybridized carbons (Fsp3) is 0.167. The number of hydrogen-bond donors (Lipinski definition) is 2. The third-order valence-electron chi connectivity index (χ3n) is 3.05. The van der Waals surface area contributed by atoms with Gasteiger partial charge in [0, 0.05) is 19.0 Å². The predicted molar refractivity (Wildman–Crippen MR) is 84.6 cm³/mol. The highest BCUT2D eigenvalue weighted by atomic mass is 16.3. The maximum atomic E-state index is 11.7. The van der Waals surface area contributed by atoms with Gasteiger partial charge in [-0.25, -0.2) is 0 Å². The first kappa shape index (κ1) is 15.0. The number of hydrogen-bond acceptors (Lipinski definition) is 2. The summed E-state index contributed by atoms with van der Waals surface area (Å²) in [6.45, 7) is 0.243. The van der Waals surface area contributed by atoms with Gasteiger partial charge in [0.25, 0.3) is 0 Å². The molecule has 2 rings (SSSR count). The summed E-state index contributed by atoms with van der Waals surface area (Å²) in [5, 5.41) is 12.6. The average molecular weight is 281 g/mol. The first-order valence-electron chi connectivity index (χ1n) is 6.97. The Bertz CT molecular complexity index is 579. The van der Waals surface area contributed by atoms with Crippen molar-refractivity contribution in [3.63, 3.8) is 0 Å². The van der Waals surface area contributed by atoms with Crippen LogP contribution in [-0.2, 0) is 11.2 Å². The van der Waals surface area contributed by atoms with Gasteiger partial charge in [-0.05, 0) is 17.2 Å². The summed E-state index contributed by atoms with van der Waals surface area (Å²) in [5.41, 5.74) is 2.02. The fourth-order valence-electron chi connectivity index (χ4n) is 1.97. The van der Waals surface area contributed by atoms with Crippen molar-refractivity contribution < 1.29 is 9.90 Å². The van der Waals surface area contributed by atoms with Crippen molar-refractivity contribution in [1.82, 2.24) is 5.32 Å². The number of amides is 1. The predicted octanol–water partition coefficient (Wildman–Crippen LogP) is 2.42. The average Bonchev–Trinajstić information content (AvgIpc) is 2.53. The molecule has 1 atom stereocenters. The minimum Gasteiger partial charge on any atom is -0.391 e. The smallest absolute Gasteiger partial charge is 0.244 e. The van der Waals surface area contributed by atoms with Crippen molar-refractivity contribution in [2.45, 2.75) is 12.5 Å². The first-order valence-corrected chi connectivity index (χ1v) is 6.97. The number of carbonyl (C=O) groups excluding carboxylic acids is 1. The Morgan fingerprint density at radius 3 is 2.33 bits per heavy atom. The Labute approximate surface area is 124 Å². The summed E-state index contributed by atoms with van der Waals surface area (Å²) in [5.74, 6) is -0.203. The molecule has 3 nitrogen and oxygen atoms in total. The lowest BCUT2D eigenvalue weighted by atomic mass is 10.1. The van der Waals surface area contributed by atoms with Crippen LogP contribution in [0.25, 0.3) is 6.08 Å². The Kier molecular flexibility index (Phi) is 5.73. The second-order valence-corrected chi connectivity index (χ2v) is 4.83. The van der Waals surface area contributed by atoms with Crippen molar-refractivity contribution in [2.24, 2.45) is 0 Å². The zero-order chi connectivity index (χ0) is 14.9. The van der Waals surface area contributed by atoms with Gasteiger partial charge in [-0.15, -0.1) is 0 Å². The zero-order valence-electron chi connectivity index (χ0n) is 11.8. The van der Waals surface area contributed by atoms with Crippen molar-refractivity contribution in [3.05, 3.63) is 77.9 Å². The van der Waals surface area contributed by atoms with Gasteiger partial charge in [-0.2, -0.15) is 0 Å². The normalized spacial score (nSPS) is 12.2. The molecule has 0 saturated heterocycles. The maximum Gasteiger partial charge on any atom is 0.244 e. The van der Waals surface area contributed by atoms with E-state index in [1.165, 1.54) is 6.08 Å². The summed E-state index contributed by atoms with van der Waals surface area (Å²) in [4.78, 5) is 11.7. The van der Waals surface area contributed by atoms with Gasteiger partial charge in [0.1, 0.15) is 0 Å². The highest BCUT2D eigenvalue weighted by Crippen LogP contribution is 2.03. The minimum absolute atomic E-state index is 0.203. The van der Waals surface area contributed by atoms with E-state index < -0.39 is 6.10 Å². The Morgan fingerprint density at radius 2 is 1.67 bits per heavy atom.